The highest BCUT2D eigenvalue weighted by Crippen LogP contribution is 2.31. The van der Waals surface area contributed by atoms with Crippen LogP contribution in [0.2, 0.25) is 0 Å². The van der Waals surface area contributed by atoms with Crippen LogP contribution in [0.5, 0.6) is 5.75 Å². The number of hydrogen-bond acceptors (Lipinski definition) is 2. The molecule has 1 aromatic rings. The van der Waals surface area contributed by atoms with Crippen molar-refractivity contribution in [2.75, 3.05) is 6.61 Å². The van der Waals surface area contributed by atoms with Gasteiger partial charge in [0, 0.05) is 10.5 Å². The van der Waals surface area contributed by atoms with Gasteiger partial charge in [0.2, 0.25) is 0 Å². The Bertz CT molecular complexity index is 389. The van der Waals surface area contributed by atoms with Crippen LogP contribution in [0.25, 0.3) is 0 Å². The molecule has 1 aromatic carbocycles. The van der Waals surface area contributed by atoms with Crippen LogP contribution in [0, 0.1) is 0 Å². The molecule has 0 saturated carbocycles. The van der Waals surface area contributed by atoms with Crippen molar-refractivity contribution in [2.24, 2.45) is 5.73 Å². The van der Waals surface area contributed by atoms with Gasteiger partial charge in [-0.3, -0.25) is 0 Å². The smallest absolute Gasteiger partial charge is 0.120 e. The Kier molecular flexibility index (Phi) is 3.12. The third-order valence-electron chi connectivity index (χ3n) is 2.63. The molecule has 2 nitrogen and oxygen atoms in total. The molecule has 3 heteroatoms. The second kappa shape index (κ2) is 4.37. The molecule has 0 aromatic heterocycles. The molecule has 2 N–H and O–H groups in total. The highest BCUT2D eigenvalue weighted by atomic mass is 79.9. The number of halogens is 1. The van der Waals surface area contributed by atoms with Crippen LogP contribution in [0.4, 0.5) is 0 Å². The summed E-state index contributed by atoms with van der Waals surface area (Å²) in [6.45, 7) is 4.23. The van der Waals surface area contributed by atoms with Gasteiger partial charge in [-0.25, -0.2) is 0 Å². The molecule has 0 saturated heterocycles. The zero-order valence-electron chi connectivity index (χ0n) is 8.50. The molecule has 80 valence electrons. The maximum atomic E-state index is 5.96. The van der Waals surface area contributed by atoms with E-state index in [2.05, 4.69) is 34.6 Å². The van der Waals surface area contributed by atoms with Crippen molar-refractivity contribution in [3.05, 3.63) is 40.4 Å². The molecular weight excluding hydrogens is 254 g/mol. The number of benzene rings is 1. The zero-order chi connectivity index (χ0) is 10.8. The Balaban J connectivity index is 2.12. The predicted octanol–water partition coefficient (Wildman–Crippen LogP) is 2.92. The summed E-state index contributed by atoms with van der Waals surface area (Å²) >= 11 is 3.26. The lowest BCUT2D eigenvalue weighted by molar-refractivity contribution is 0.360. The summed E-state index contributed by atoms with van der Waals surface area (Å²) < 4.78 is 6.39. The summed E-state index contributed by atoms with van der Waals surface area (Å²) in [6.07, 6.45) is 2.10. The van der Waals surface area contributed by atoms with E-state index in [0.717, 1.165) is 23.1 Å². The van der Waals surface area contributed by atoms with Crippen molar-refractivity contribution in [1.29, 1.82) is 0 Å². The minimum Gasteiger partial charge on any atom is -0.488 e. The summed E-state index contributed by atoms with van der Waals surface area (Å²) in [6, 6.07) is 6.33. The van der Waals surface area contributed by atoms with E-state index in [1.807, 2.05) is 6.07 Å². The SMILES string of the molecule is C=C(Br)COc1ccc2c(c1)CCC2N. The van der Waals surface area contributed by atoms with Gasteiger partial charge in [-0.2, -0.15) is 0 Å². The first-order chi connectivity index (χ1) is 7.16. The molecule has 0 bridgehead atoms. The van der Waals surface area contributed by atoms with Crippen molar-refractivity contribution in [3.63, 3.8) is 0 Å². The maximum absolute atomic E-state index is 5.96. The van der Waals surface area contributed by atoms with E-state index in [9.17, 15) is 0 Å². The number of hydrogen-bond donors (Lipinski definition) is 1. The van der Waals surface area contributed by atoms with Crippen LogP contribution in [0.15, 0.2) is 29.3 Å². The molecule has 1 atom stereocenters. The van der Waals surface area contributed by atoms with Crippen molar-refractivity contribution in [2.45, 2.75) is 18.9 Å². The molecule has 0 heterocycles. The lowest BCUT2D eigenvalue weighted by Crippen LogP contribution is -2.05. The molecule has 2 rings (SSSR count). The Morgan fingerprint density at radius 2 is 2.40 bits per heavy atom. The average Bonchev–Trinajstić information content (AvgIpc) is 2.57. The van der Waals surface area contributed by atoms with Crippen LogP contribution >= 0.6 is 15.9 Å². The van der Waals surface area contributed by atoms with Gasteiger partial charge in [-0.05, 0) is 36.1 Å². The number of ether oxygens (including phenoxy) is 1. The first-order valence-corrected chi connectivity index (χ1v) is 5.80. The molecular formula is C12H14BrNO. The summed E-state index contributed by atoms with van der Waals surface area (Å²) in [5.74, 6) is 0.892. The van der Waals surface area contributed by atoms with Crippen LogP contribution in [-0.2, 0) is 6.42 Å². The first kappa shape index (κ1) is 10.7. The van der Waals surface area contributed by atoms with E-state index in [-0.39, 0.29) is 6.04 Å². The molecule has 15 heavy (non-hydrogen) atoms. The summed E-state index contributed by atoms with van der Waals surface area (Å²) in [5, 5.41) is 0. The van der Waals surface area contributed by atoms with Crippen molar-refractivity contribution in [1.82, 2.24) is 0 Å². The quantitative estimate of drug-likeness (QED) is 0.914. The molecule has 0 fully saturated rings. The van der Waals surface area contributed by atoms with Crippen molar-refractivity contribution in [3.8, 4) is 5.75 Å². The van der Waals surface area contributed by atoms with Crippen molar-refractivity contribution >= 4 is 15.9 Å². The van der Waals surface area contributed by atoms with Gasteiger partial charge in [-0.1, -0.05) is 28.6 Å². The monoisotopic (exact) mass is 267 g/mol. The third kappa shape index (κ3) is 2.41. The summed E-state index contributed by atoms with van der Waals surface area (Å²) in [5.41, 5.74) is 8.54. The van der Waals surface area contributed by atoms with E-state index in [0.29, 0.717) is 6.61 Å². The van der Waals surface area contributed by atoms with E-state index >= 15 is 0 Å². The highest BCUT2D eigenvalue weighted by Gasteiger charge is 2.18. The first-order valence-electron chi connectivity index (χ1n) is 5.01. The lowest BCUT2D eigenvalue weighted by Gasteiger charge is -2.08. The molecule has 0 amide bonds. The van der Waals surface area contributed by atoms with Crippen LogP contribution in [0.1, 0.15) is 23.6 Å². The molecule has 1 aliphatic carbocycles. The molecule has 1 aliphatic rings. The number of aryl methyl sites for hydroxylation is 1. The minimum atomic E-state index is 0.209. The van der Waals surface area contributed by atoms with E-state index in [1.54, 1.807) is 0 Å². The van der Waals surface area contributed by atoms with Crippen LogP contribution in [0.3, 0.4) is 0 Å². The predicted molar refractivity (Wildman–Crippen MR) is 65.3 cm³/mol. The largest absolute Gasteiger partial charge is 0.488 e. The van der Waals surface area contributed by atoms with Gasteiger partial charge < -0.3 is 10.5 Å². The second-order valence-electron chi connectivity index (χ2n) is 3.81. The second-order valence-corrected chi connectivity index (χ2v) is 4.93. The molecule has 0 aliphatic heterocycles. The normalized spacial score (nSPS) is 18.7. The van der Waals surface area contributed by atoms with Gasteiger partial charge in [0.25, 0.3) is 0 Å². The van der Waals surface area contributed by atoms with Gasteiger partial charge in [0.15, 0.2) is 0 Å². The molecule has 0 spiro atoms. The van der Waals surface area contributed by atoms with Crippen LogP contribution < -0.4 is 10.5 Å². The summed E-state index contributed by atoms with van der Waals surface area (Å²) in [7, 11) is 0. The summed E-state index contributed by atoms with van der Waals surface area (Å²) in [4.78, 5) is 0. The van der Waals surface area contributed by atoms with Gasteiger partial charge in [0.1, 0.15) is 12.4 Å². The van der Waals surface area contributed by atoms with Gasteiger partial charge >= 0.3 is 0 Å². The fourth-order valence-electron chi connectivity index (χ4n) is 1.88. The topological polar surface area (TPSA) is 35.2 Å². The Labute approximate surface area is 98.2 Å². The number of nitrogens with two attached hydrogens (primary N) is 1. The van der Waals surface area contributed by atoms with Gasteiger partial charge in [-0.15, -0.1) is 0 Å². The minimum absolute atomic E-state index is 0.209. The molecule has 0 radical (unpaired) electrons. The highest BCUT2D eigenvalue weighted by molar-refractivity contribution is 9.11. The number of fused-ring (bicyclic) bond motifs is 1. The van der Waals surface area contributed by atoms with E-state index in [4.69, 9.17) is 10.5 Å². The van der Waals surface area contributed by atoms with Gasteiger partial charge in [0.05, 0.1) is 0 Å². The Morgan fingerprint density at radius 1 is 1.60 bits per heavy atom. The number of rotatable bonds is 3. The zero-order valence-corrected chi connectivity index (χ0v) is 10.1. The average molecular weight is 268 g/mol. The van der Waals surface area contributed by atoms with E-state index in [1.165, 1.54) is 11.1 Å². The maximum Gasteiger partial charge on any atom is 0.120 e. The lowest BCUT2D eigenvalue weighted by atomic mass is 10.1. The van der Waals surface area contributed by atoms with E-state index < -0.39 is 0 Å². The molecule has 1 unspecified atom stereocenters. The van der Waals surface area contributed by atoms with Crippen molar-refractivity contribution < 1.29 is 4.74 Å². The fraction of sp³-hybridized carbons (Fsp3) is 0.333. The third-order valence-corrected chi connectivity index (χ3v) is 2.86. The standard InChI is InChI=1S/C12H14BrNO/c1-8(13)7-15-10-3-4-11-9(6-10)2-5-12(11)14/h3-4,6,12H,1-2,5,7,14H2. The fourth-order valence-corrected chi connectivity index (χ4v) is 1.99. The Morgan fingerprint density at radius 3 is 3.13 bits per heavy atom. The Hall–Kier alpha value is -0.800. The van der Waals surface area contributed by atoms with Crippen LogP contribution in [-0.4, -0.2) is 6.61 Å².